The van der Waals surface area contributed by atoms with Gasteiger partial charge >= 0.3 is 6.09 Å². The molecule has 2 rings (SSSR count). The van der Waals surface area contributed by atoms with Gasteiger partial charge in [0, 0.05) is 31.3 Å². The molecule has 1 amide bonds. The molecule has 1 aromatic rings. The number of ether oxygens (including phenoxy) is 2. The molecule has 0 unspecified atom stereocenters. The van der Waals surface area contributed by atoms with Crippen molar-refractivity contribution in [3.05, 3.63) is 24.0 Å². The molecule has 0 bridgehead atoms. The lowest BCUT2D eigenvalue weighted by Crippen LogP contribution is -2.55. The van der Waals surface area contributed by atoms with Crippen LogP contribution < -0.4 is 4.74 Å². The minimum absolute atomic E-state index is 0.0260. The van der Waals surface area contributed by atoms with Crippen molar-refractivity contribution in [2.45, 2.75) is 58.1 Å². The standard InChI is InChI=1S/C20H28N2O4/c1-20(2,3)26-19(24)22-10-9-17(22)15-25-18-12-16(13-21-14-18)8-6-4-5-7-11-23/h12-14,17,23H,4-5,7,9-11,15H2,1-3H3/t17-/m0/s1. The Bertz CT molecular complexity index is 658. The second-order valence-electron chi connectivity index (χ2n) is 7.32. The second-order valence-corrected chi connectivity index (χ2v) is 7.32. The minimum Gasteiger partial charge on any atom is -0.490 e. The smallest absolute Gasteiger partial charge is 0.410 e. The van der Waals surface area contributed by atoms with Gasteiger partial charge in [0.1, 0.15) is 18.0 Å². The first-order chi connectivity index (χ1) is 12.4. The lowest BCUT2D eigenvalue weighted by molar-refractivity contribution is -0.0141. The zero-order chi connectivity index (χ0) is 19.0. The van der Waals surface area contributed by atoms with Gasteiger partial charge in [-0.15, -0.1) is 0 Å². The van der Waals surface area contributed by atoms with E-state index >= 15 is 0 Å². The first kappa shape index (κ1) is 20.1. The number of unbranched alkanes of at least 4 members (excludes halogenated alkanes) is 2. The molecule has 1 fully saturated rings. The van der Waals surface area contributed by atoms with Gasteiger partial charge in [-0.1, -0.05) is 11.8 Å². The number of carbonyl (C=O) groups is 1. The van der Waals surface area contributed by atoms with Gasteiger partial charge in [-0.3, -0.25) is 4.98 Å². The van der Waals surface area contributed by atoms with Gasteiger partial charge in [0.15, 0.2) is 0 Å². The number of amides is 1. The molecule has 1 aliphatic rings. The van der Waals surface area contributed by atoms with E-state index in [0.29, 0.717) is 18.9 Å². The Hall–Kier alpha value is -2.26. The number of likely N-dealkylation sites (tertiary alicyclic amines) is 1. The third kappa shape index (κ3) is 6.57. The molecule has 2 heterocycles. The fourth-order valence-electron chi connectivity index (χ4n) is 2.42. The molecule has 0 spiro atoms. The van der Waals surface area contributed by atoms with Gasteiger partial charge in [-0.05, 0) is 46.1 Å². The van der Waals surface area contributed by atoms with Crippen molar-refractivity contribution in [1.82, 2.24) is 9.88 Å². The van der Waals surface area contributed by atoms with Crippen LogP contribution in [0.1, 0.15) is 52.0 Å². The van der Waals surface area contributed by atoms with Crippen molar-refractivity contribution in [2.24, 2.45) is 0 Å². The minimum atomic E-state index is -0.494. The molecule has 1 atom stereocenters. The SMILES string of the molecule is CC(C)(C)OC(=O)N1CC[C@H]1COc1cncc(C#CCCCCO)c1. The second kappa shape index (κ2) is 9.44. The average Bonchev–Trinajstić information content (AvgIpc) is 2.52. The van der Waals surface area contributed by atoms with E-state index in [4.69, 9.17) is 14.6 Å². The maximum atomic E-state index is 12.1. The van der Waals surface area contributed by atoms with E-state index in [2.05, 4.69) is 16.8 Å². The first-order valence-corrected chi connectivity index (χ1v) is 9.06. The molecule has 1 aliphatic heterocycles. The van der Waals surface area contributed by atoms with E-state index in [9.17, 15) is 4.79 Å². The highest BCUT2D eigenvalue weighted by atomic mass is 16.6. The van der Waals surface area contributed by atoms with Crippen LogP contribution in [0.4, 0.5) is 4.79 Å². The molecule has 26 heavy (non-hydrogen) atoms. The first-order valence-electron chi connectivity index (χ1n) is 9.06. The summed E-state index contributed by atoms with van der Waals surface area (Å²) in [6, 6.07) is 1.88. The highest BCUT2D eigenvalue weighted by molar-refractivity contribution is 5.69. The summed E-state index contributed by atoms with van der Waals surface area (Å²) in [5.74, 6) is 6.76. The zero-order valence-corrected chi connectivity index (χ0v) is 15.8. The Morgan fingerprint density at radius 1 is 1.38 bits per heavy atom. The summed E-state index contributed by atoms with van der Waals surface area (Å²) in [7, 11) is 0. The summed E-state index contributed by atoms with van der Waals surface area (Å²) < 4.78 is 11.2. The maximum absolute atomic E-state index is 12.1. The Labute approximate surface area is 155 Å². The molecule has 6 nitrogen and oxygen atoms in total. The predicted molar refractivity (Wildman–Crippen MR) is 98.9 cm³/mol. The number of hydrogen-bond donors (Lipinski definition) is 1. The van der Waals surface area contributed by atoms with Crippen LogP contribution in [-0.2, 0) is 4.74 Å². The molecule has 0 radical (unpaired) electrons. The zero-order valence-electron chi connectivity index (χ0n) is 15.8. The van der Waals surface area contributed by atoms with E-state index in [-0.39, 0.29) is 18.7 Å². The summed E-state index contributed by atoms with van der Waals surface area (Å²) in [5, 5.41) is 8.75. The van der Waals surface area contributed by atoms with Gasteiger partial charge in [0.05, 0.1) is 12.2 Å². The summed E-state index contributed by atoms with van der Waals surface area (Å²) in [6.07, 6.45) is 6.35. The third-order valence-corrected chi connectivity index (χ3v) is 3.87. The fraction of sp³-hybridized carbons (Fsp3) is 0.600. The third-order valence-electron chi connectivity index (χ3n) is 3.87. The highest BCUT2D eigenvalue weighted by Crippen LogP contribution is 2.22. The van der Waals surface area contributed by atoms with Gasteiger partial charge in [0.25, 0.3) is 0 Å². The van der Waals surface area contributed by atoms with Crippen LogP contribution in [0.5, 0.6) is 5.75 Å². The summed E-state index contributed by atoms with van der Waals surface area (Å²) in [5.41, 5.74) is 0.302. The fourth-order valence-corrected chi connectivity index (χ4v) is 2.42. The number of rotatable bonds is 6. The van der Waals surface area contributed by atoms with Gasteiger partial charge < -0.3 is 19.5 Å². The normalized spacial score (nSPS) is 16.3. The number of nitrogens with zero attached hydrogens (tertiary/aromatic N) is 2. The number of carbonyl (C=O) groups excluding carboxylic acids is 1. The van der Waals surface area contributed by atoms with Crippen molar-refractivity contribution < 1.29 is 19.4 Å². The Balaban J connectivity index is 1.82. The Morgan fingerprint density at radius 3 is 2.85 bits per heavy atom. The summed E-state index contributed by atoms with van der Waals surface area (Å²) in [6.45, 7) is 6.89. The van der Waals surface area contributed by atoms with Crippen LogP contribution in [0.25, 0.3) is 0 Å². The number of aromatic nitrogens is 1. The number of pyridine rings is 1. The van der Waals surface area contributed by atoms with Crippen molar-refractivity contribution >= 4 is 6.09 Å². The van der Waals surface area contributed by atoms with Crippen LogP contribution in [0, 0.1) is 11.8 Å². The molecule has 0 aromatic carbocycles. The number of hydrogen-bond acceptors (Lipinski definition) is 5. The molecule has 142 valence electrons. The van der Waals surface area contributed by atoms with E-state index in [1.807, 2.05) is 26.8 Å². The van der Waals surface area contributed by atoms with E-state index in [1.165, 1.54) is 0 Å². The van der Waals surface area contributed by atoms with Gasteiger partial charge in [-0.2, -0.15) is 0 Å². The molecule has 0 saturated carbocycles. The summed E-state index contributed by atoms with van der Waals surface area (Å²) in [4.78, 5) is 18.0. The molecular formula is C20H28N2O4. The lowest BCUT2D eigenvalue weighted by atomic mass is 10.1. The van der Waals surface area contributed by atoms with E-state index < -0.39 is 5.60 Å². The Morgan fingerprint density at radius 2 is 2.19 bits per heavy atom. The van der Waals surface area contributed by atoms with Gasteiger partial charge in [-0.25, -0.2) is 4.79 Å². The van der Waals surface area contributed by atoms with Crippen LogP contribution >= 0.6 is 0 Å². The average molecular weight is 360 g/mol. The van der Waals surface area contributed by atoms with E-state index in [1.54, 1.807) is 17.3 Å². The van der Waals surface area contributed by atoms with Crippen LogP contribution in [-0.4, -0.2) is 52.5 Å². The molecule has 6 heteroatoms. The Kier molecular flexibility index (Phi) is 7.28. The monoisotopic (exact) mass is 360 g/mol. The molecular weight excluding hydrogens is 332 g/mol. The molecule has 0 aliphatic carbocycles. The topological polar surface area (TPSA) is 71.9 Å². The van der Waals surface area contributed by atoms with Gasteiger partial charge in [0.2, 0.25) is 0 Å². The maximum Gasteiger partial charge on any atom is 0.410 e. The van der Waals surface area contributed by atoms with Crippen molar-refractivity contribution in [3.8, 4) is 17.6 Å². The number of aliphatic hydroxyl groups excluding tert-OH is 1. The van der Waals surface area contributed by atoms with Crippen molar-refractivity contribution in [1.29, 1.82) is 0 Å². The molecule has 1 N–H and O–H groups in total. The predicted octanol–water partition coefficient (Wildman–Crippen LogP) is 2.98. The van der Waals surface area contributed by atoms with Crippen LogP contribution in [0.15, 0.2) is 18.5 Å². The number of aliphatic hydroxyl groups is 1. The van der Waals surface area contributed by atoms with Crippen molar-refractivity contribution in [2.75, 3.05) is 19.8 Å². The van der Waals surface area contributed by atoms with Crippen molar-refractivity contribution in [3.63, 3.8) is 0 Å². The van der Waals surface area contributed by atoms with Crippen LogP contribution in [0.2, 0.25) is 0 Å². The largest absolute Gasteiger partial charge is 0.490 e. The lowest BCUT2D eigenvalue weighted by Gasteiger charge is -2.40. The van der Waals surface area contributed by atoms with Crippen LogP contribution in [0.3, 0.4) is 0 Å². The summed E-state index contributed by atoms with van der Waals surface area (Å²) >= 11 is 0. The molecule has 1 aromatic heterocycles. The quantitative estimate of drug-likeness (QED) is 0.624. The van der Waals surface area contributed by atoms with E-state index in [0.717, 1.165) is 31.2 Å². The molecule has 1 saturated heterocycles. The highest BCUT2D eigenvalue weighted by Gasteiger charge is 2.35.